The first kappa shape index (κ1) is 12.4. The summed E-state index contributed by atoms with van der Waals surface area (Å²) in [5.74, 6) is 0.852. The van der Waals surface area contributed by atoms with Crippen LogP contribution in [0.25, 0.3) is 0 Å². The number of piperidine rings is 1. The van der Waals surface area contributed by atoms with Crippen molar-refractivity contribution in [2.45, 2.75) is 31.4 Å². The highest BCUT2D eigenvalue weighted by Crippen LogP contribution is 2.28. The van der Waals surface area contributed by atoms with Gasteiger partial charge in [-0.15, -0.1) is 0 Å². The second-order valence-corrected chi connectivity index (χ2v) is 4.75. The molecule has 0 bridgehead atoms. The van der Waals surface area contributed by atoms with Gasteiger partial charge >= 0.3 is 0 Å². The smallest absolute Gasteiger partial charge is 0.118 e. The van der Waals surface area contributed by atoms with E-state index in [0.717, 1.165) is 25.3 Å². The summed E-state index contributed by atoms with van der Waals surface area (Å²) in [5, 5.41) is 3.20. The molecule has 17 heavy (non-hydrogen) atoms. The van der Waals surface area contributed by atoms with Gasteiger partial charge in [0.1, 0.15) is 11.4 Å². The molecule has 0 spiro atoms. The molecule has 1 aromatic rings. The molecule has 1 saturated heterocycles. The molecule has 0 unspecified atom stereocenters. The minimum absolute atomic E-state index is 0.626. The molecule has 0 radical (unpaired) electrons. The summed E-state index contributed by atoms with van der Waals surface area (Å²) >= 11 is 0. The Morgan fingerprint density at radius 1 is 1.24 bits per heavy atom. The molecule has 2 rings (SSSR count). The number of aryl methyl sites for hydroxylation is 1. The second kappa shape index (κ2) is 5.50. The Hall–Kier alpha value is -1.09. The lowest BCUT2D eigenvalue weighted by Crippen LogP contribution is -2.38. The van der Waals surface area contributed by atoms with E-state index in [-0.39, 0.29) is 0 Å². The van der Waals surface area contributed by atoms with E-state index in [2.05, 4.69) is 5.32 Å². The highest BCUT2D eigenvalue weighted by atomic mass is 19.1. The molecule has 1 fully saturated rings. The normalized spacial score (nSPS) is 18.9. The zero-order valence-corrected chi connectivity index (χ0v) is 10.3. The molecule has 1 aliphatic heterocycles. The number of rotatable bonds is 4. The quantitative estimate of drug-likeness (QED) is 0.869. The molecule has 0 amide bonds. The lowest BCUT2D eigenvalue weighted by atomic mass is 9.88. The first-order valence-corrected chi connectivity index (χ1v) is 6.24. The molecule has 3 heteroatoms. The van der Waals surface area contributed by atoms with Crippen LogP contribution in [0.15, 0.2) is 24.3 Å². The van der Waals surface area contributed by atoms with E-state index in [0.29, 0.717) is 19.3 Å². The molecular weight excluding hydrogens is 217 g/mol. The third-order valence-corrected chi connectivity index (χ3v) is 3.52. The minimum atomic E-state index is -0.967. The predicted molar refractivity (Wildman–Crippen MR) is 67.3 cm³/mol. The van der Waals surface area contributed by atoms with Gasteiger partial charge in [0.05, 0.1) is 7.11 Å². The van der Waals surface area contributed by atoms with Crippen molar-refractivity contribution in [1.29, 1.82) is 0 Å². The molecule has 1 aliphatic rings. The van der Waals surface area contributed by atoms with E-state index in [1.807, 2.05) is 24.3 Å². The van der Waals surface area contributed by atoms with Gasteiger partial charge in [-0.25, -0.2) is 4.39 Å². The van der Waals surface area contributed by atoms with Crippen molar-refractivity contribution in [3.05, 3.63) is 29.8 Å². The monoisotopic (exact) mass is 237 g/mol. The lowest BCUT2D eigenvalue weighted by molar-refractivity contribution is 0.105. The maximum Gasteiger partial charge on any atom is 0.118 e. The number of methoxy groups -OCH3 is 1. The predicted octanol–water partition coefficient (Wildman–Crippen LogP) is 2.72. The fourth-order valence-corrected chi connectivity index (χ4v) is 2.29. The maximum atomic E-state index is 14.3. The van der Waals surface area contributed by atoms with Gasteiger partial charge in [0.15, 0.2) is 0 Å². The molecule has 1 aromatic carbocycles. The molecular formula is C14H20FNO. The van der Waals surface area contributed by atoms with Crippen LogP contribution in [0, 0.1) is 0 Å². The Balaban J connectivity index is 1.87. The molecule has 0 atom stereocenters. The van der Waals surface area contributed by atoms with Gasteiger partial charge in [-0.2, -0.15) is 0 Å². The van der Waals surface area contributed by atoms with Crippen LogP contribution in [0.3, 0.4) is 0 Å². The number of benzene rings is 1. The van der Waals surface area contributed by atoms with Crippen LogP contribution >= 0.6 is 0 Å². The number of hydrogen-bond acceptors (Lipinski definition) is 2. The summed E-state index contributed by atoms with van der Waals surface area (Å²) in [7, 11) is 1.65. The van der Waals surface area contributed by atoms with Crippen molar-refractivity contribution in [3.63, 3.8) is 0 Å². The third-order valence-electron chi connectivity index (χ3n) is 3.52. The third kappa shape index (κ3) is 3.43. The summed E-state index contributed by atoms with van der Waals surface area (Å²) in [6.45, 7) is 1.61. The van der Waals surface area contributed by atoms with Gasteiger partial charge in [0.2, 0.25) is 0 Å². The van der Waals surface area contributed by atoms with Crippen LogP contribution in [-0.2, 0) is 6.42 Å². The zero-order valence-electron chi connectivity index (χ0n) is 10.3. The van der Waals surface area contributed by atoms with E-state index in [1.165, 1.54) is 5.56 Å². The van der Waals surface area contributed by atoms with E-state index in [4.69, 9.17) is 4.74 Å². The Kier molecular flexibility index (Phi) is 4.00. The highest BCUT2D eigenvalue weighted by Gasteiger charge is 2.30. The fraction of sp³-hybridized carbons (Fsp3) is 0.571. The Morgan fingerprint density at radius 2 is 1.88 bits per heavy atom. The van der Waals surface area contributed by atoms with Crippen molar-refractivity contribution < 1.29 is 9.13 Å². The summed E-state index contributed by atoms with van der Waals surface area (Å²) in [6.07, 6.45) is 2.72. The number of ether oxygens (including phenoxy) is 1. The van der Waals surface area contributed by atoms with Crippen LogP contribution in [-0.4, -0.2) is 25.9 Å². The Bertz CT molecular complexity index is 344. The highest BCUT2D eigenvalue weighted by molar-refractivity contribution is 5.27. The molecule has 1 heterocycles. The van der Waals surface area contributed by atoms with Crippen LogP contribution in [0.5, 0.6) is 5.75 Å². The molecule has 0 aromatic heterocycles. The SMILES string of the molecule is COc1ccc(CCC2(F)CCNCC2)cc1. The molecule has 1 N–H and O–H groups in total. The average molecular weight is 237 g/mol. The van der Waals surface area contributed by atoms with Crippen LogP contribution in [0.1, 0.15) is 24.8 Å². The lowest BCUT2D eigenvalue weighted by Gasteiger charge is -2.30. The van der Waals surface area contributed by atoms with Gasteiger partial charge in [0, 0.05) is 0 Å². The van der Waals surface area contributed by atoms with Crippen LogP contribution in [0.4, 0.5) is 4.39 Å². The van der Waals surface area contributed by atoms with Crippen LogP contribution in [0.2, 0.25) is 0 Å². The number of hydrogen-bond donors (Lipinski definition) is 1. The van der Waals surface area contributed by atoms with Gasteiger partial charge in [-0.05, 0) is 56.5 Å². The molecule has 0 saturated carbocycles. The van der Waals surface area contributed by atoms with Gasteiger partial charge < -0.3 is 10.1 Å². The maximum absolute atomic E-state index is 14.3. The topological polar surface area (TPSA) is 21.3 Å². The first-order chi connectivity index (χ1) is 8.22. The Morgan fingerprint density at radius 3 is 2.47 bits per heavy atom. The summed E-state index contributed by atoms with van der Waals surface area (Å²) in [5.41, 5.74) is 0.215. The number of nitrogens with one attached hydrogen (secondary N) is 1. The van der Waals surface area contributed by atoms with E-state index < -0.39 is 5.67 Å². The fourth-order valence-electron chi connectivity index (χ4n) is 2.29. The van der Waals surface area contributed by atoms with Gasteiger partial charge in [0.25, 0.3) is 0 Å². The minimum Gasteiger partial charge on any atom is -0.497 e. The van der Waals surface area contributed by atoms with E-state index in [9.17, 15) is 4.39 Å². The van der Waals surface area contributed by atoms with Crippen molar-refractivity contribution in [2.24, 2.45) is 0 Å². The largest absolute Gasteiger partial charge is 0.497 e. The van der Waals surface area contributed by atoms with E-state index >= 15 is 0 Å². The Labute approximate surface area is 102 Å². The van der Waals surface area contributed by atoms with Gasteiger partial charge in [-0.1, -0.05) is 12.1 Å². The summed E-state index contributed by atoms with van der Waals surface area (Å²) in [4.78, 5) is 0. The van der Waals surface area contributed by atoms with Crippen molar-refractivity contribution in [1.82, 2.24) is 5.32 Å². The second-order valence-electron chi connectivity index (χ2n) is 4.75. The standard InChI is InChI=1S/C14H20FNO/c1-17-13-4-2-12(3-5-13)6-7-14(15)8-10-16-11-9-14/h2-5,16H,6-11H2,1H3. The zero-order chi connectivity index (χ0) is 12.1. The first-order valence-electron chi connectivity index (χ1n) is 6.24. The molecule has 94 valence electrons. The molecule has 0 aliphatic carbocycles. The van der Waals surface area contributed by atoms with Crippen molar-refractivity contribution >= 4 is 0 Å². The van der Waals surface area contributed by atoms with Crippen LogP contribution < -0.4 is 10.1 Å². The average Bonchev–Trinajstić information content (AvgIpc) is 2.38. The van der Waals surface area contributed by atoms with Crippen molar-refractivity contribution in [3.8, 4) is 5.75 Å². The summed E-state index contributed by atoms with van der Waals surface area (Å²) in [6, 6.07) is 7.90. The van der Waals surface area contributed by atoms with E-state index in [1.54, 1.807) is 7.11 Å². The summed E-state index contributed by atoms with van der Waals surface area (Å²) < 4.78 is 19.4. The number of halogens is 1. The number of alkyl halides is 1. The molecule has 2 nitrogen and oxygen atoms in total. The van der Waals surface area contributed by atoms with Crippen molar-refractivity contribution in [2.75, 3.05) is 20.2 Å². The van der Waals surface area contributed by atoms with Gasteiger partial charge in [-0.3, -0.25) is 0 Å².